The molecule has 0 aliphatic heterocycles. The number of ether oxygens (including phenoxy) is 1. The van der Waals surface area contributed by atoms with E-state index in [1.54, 1.807) is 60.7 Å². The third-order valence-electron chi connectivity index (χ3n) is 5.42. The molecular formula is C27H20F3N3O4. The third-order valence-corrected chi connectivity index (χ3v) is 5.42. The molecule has 0 unspecified atom stereocenters. The molecule has 1 amide bonds. The first kappa shape index (κ1) is 25.4. The number of hydrogen-bond acceptors (Lipinski definition) is 5. The molecule has 0 saturated carbocycles. The number of nitrogens with zero attached hydrogens (tertiary/aromatic N) is 2. The molecule has 0 saturated heterocycles. The largest absolute Gasteiger partial charge is 0.465 e. The van der Waals surface area contributed by atoms with E-state index >= 15 is 0 Å². The van der Waals surface area contributed by atoms with Crippen molar-refractivity contribution in [3.8, 4) is 22.4 Å². The number of esters is 1. The number of halogens is 3. The number of carbonyl (C=O) groups is 2. The van der Waals surface area contributed by atoms with E-state index in [0.717, 1.165) is 30.0 Å². The fourth-order valence-electron chi connectivity index (χ4n) is 3.76. The Morgan fingerprint density at radius 3 is 2.14 bits per heavy atom. The van der Waals surface area contributed by atoms with Crippen LogP contribution in [0.4, 0.5) is 18.9 Å². The molecule has 188 valence electrons. The molecule has 4 aromatic rings. The summed E-state index contributed by atoms with van der Waals surface area (Å²) in [5.41, 5.74) is -0.668. The van der Waals surface area contributed by atoms with Crippen LogP contribution in [0.1, 0.15) is 15.9 Å². The van der Waals surface area contributed by atoms with E-state index in [9.17, 15) is 27.6 Å². The molecule has 37 heavy (non-hydrogen) atoms. The van der Waals surface area contributed by atoms with Crippen LogP contribution in [-0.4, -0.2) is 28.8 Å². The van der Waals surface area contributed by atoms with Gasteiger partial charge in [0.15, 0.2) is 0 Å². The van der Waals surface area contributed by atoms with E-state index in [-0.39, 0.29) is 22.5 Å². The average Bonchev–Trinajstić information content (AvgIpc) is 2.89. The zero-order valence-electron chi connectivity index (χ0n) is 19.5. The minimum absolute atomic E-state index is 0.106. The van der Waals surface area contributed by atoms with Crippen molar-refractivity contribution in [1.82, 2.24) is 9.78 Å². The van der Waals surface area contributed by atoms with Crippen molar-refractivity contribution >= 4 is 17.6 Å². The standard InChI is InChI=1S/C27H20F3N3O4/c1-37-26(36)23-22(17-9-4-2-5-10-17)24(18-11-6-3-7-12-18)32-33(25(23)35)16-21(34)31-20-14-8-13-19(15-20)27(28,29)30/h2-15H,16H2,1H3,(H,31,34). The highest BCUT2D eigenvalue weighted by Gasteiger charge is 2.31. The lowest BCUT2D eigenvalue weighted by Gasteiger charge is -2.16. The highest BCUT2D eigenvalue weighted by Crippen LogP contribution is 2.33. The second kappa shape index (κ2) is 10.5. The molecule has 1 N–H and O–H groups in total. The Morgan fingerprint density at radius 2 is 1.54 bits per heavy atom. The van der Waals surface area contributed by atoms with E-state index in [0.29, 0.717) is 11.1 Å². The molecule has 0 radical (unpaired) electrons. The number of nitrogens with one attached hydrogen (secondary N) is 1. The summed E-state index contributed by atoms with van der Waals surface area (Å²) in [4.78, 5) is 38.9. The first-order valence-electron chi connectivity index (χ1n) is 11.0. The van der Waals surface area contributed by atoms with Gasteiger partial charge in [-0.1, -0.05) is 66.7 Å². The van der Waals surface area contributed by atoms with Gasteiger partial charge in [-0.15, -0.1) is 0 Å². The Hall–Kier alpha value is -4.73. The maximum atomic E-state index is 13.4. The van der Waals surface area contributed by atoms with E-state index in [1.807, 2.05) is 0 Å². The number of rotatable bonds is 6. The van der Waals surface area contributed by atoms with Gasteiger partial charge in [-0.3, -0.25) is 9.59 Å². The van der Waals surface area contributed by atoms with Gasteiger partial charge in [0.1, 0.15) is 12.1 Å². The number of alkyl halides is 3. The predicted molar refractivity (Wildman–Crippen MR) is 131 cm³/mol. The number of aromatic nitrogens is 2. The van der Waals surface area contributed by atoms with Crippen molar-refractivity contribution in [2.75, 3.05) is 12.4 Å². The second-order valence-electron chi connectivity index (χ2n) is 7.91. The van der Waals surface area contributed by atoms with Gasteiger partial charge < -0.3 is 10.1 Å². The Morgan fingerprint density at radius 1 is 0.919 bits per heavy atom. The highest BCUT2D eigenvalue weighted by molar-refractivity contribution is 6.01. The number of carbonyl (C=O) groups excluding carboxylic acids is 2. The summed E-state index contributed by atoms with van der Waals surface area (Å²) in [6.07, 6.45) is -4.59. The first-order chi connectivity index (χ1) is 17.7. The lowest BCUT2D eigenvalue weighted by atomic mass is 9.95. The van der Waals surface area contributed by atoms with Crippen molar-refractivity contribution in [1.29, 1.82) is 0 Å². The first-order valence-corrected chi connectivity index (χ1v) is 11.0. The van der Waals surface area contributed by atoms with Gasteiger partial charge in [0.25, 0.3) is 5.56 Å². The van der Waals surface area contributed by atoms with Crippen LogP contribution in [0.3, 0.4) is 0 Å². The molecule has 7 nitrogen and oxygen atoms in total. The van der Waals surface area contributed by atoms with E-state index in [2.05, 4.69) is 10.4 Å². The van der Waals surface area contributed by atoms with Crippen LogP contribution in [0, 0.1) is 0 Å². The van der Waals surface area contributed by atoms with Crippen LogP contribution in [0.5, 0.6) is 0 Å². The molecule has 0 bridgehead atoms. The molecule has 0 aliphatic rings. The van der Waals surface area contributed by atoms with Gasteiger partial charge >= 0.3 is 12.1 Å². The molecule has 1 heterocycles. The SMILES string of the molecule is COC(=O)c1c(-c2ccccc2)c(-c2ccccc2)nn(CC(=O)Nc2cccc(C(F)(F)F)c2)c1=O. The van der Waals surface area contributed by atoms with Gasteiger partial charge in [-0.2, -0.15) is 18.3 Å². The Kier molecular flexibility index (Phi) is 7.19. The van der Waals surface area contributed by atoms with Crippen LogP contribution in [-0.2, 0) is 22.3 Å². The molecule has 3 aromatic carbocycles. The van der Waals surface area contributed by atoms with Gasteiger partial charge in [0.05, 0.1) is 18.4 Å². The molecule has 0 fully saturated rings. The summed E-state index contributed by atoms with van der Waals surface area (Å²) >= 11 is 0. The molecule has 0 atom stereocenters. The van der Waals surface area contributed by atoms with Gasteiger partial charge in [-0.25, -0.2) is 9.48 Å². The van der Waals surface area contributed by atoms with E-state index in [1.165, 1.54) is 6.07 Å². The molecule has 0 aliphatic carbocycles. The lowest BCUT2D eigenvalue weighted by molar-refractivity contribution is -0.137. The normalized spacial score (nSPS) is 11.1. The summed E-state index contributed by atoms with van der Waals surface area (Å²) in [6.45, 7) is -0.659. The summed E-state index contributed by atoms with van der Waals surface area (Å²) in [5, 5.41) is 6.73. The van der Waals surface area contributed by atoms with Crippen LogP contribution in [0.2, 0.25) is 0 Å². The minimum Gasteiger partial charge on any atom is -0.465 e. The maximum Gasteiger partial charge on any atom is 0.416 e. The number of anilines is 1. The Bertz CT molecular complexity index is 1500. The monoisotopic (exact) mass is 507 g/mol. The van der Waals surface area contributed by atoms with Crippen molar-refractivity contribution in [2.45, 2.75) is 12.7 Å². The van der Waals surface area contributed by atoms with Gasteiger partial charge in [-0.05, 0) is 23.8 Å². The fraction of sp³-hybridized carbons (Fsp3) is 0.111. The van der Waals surface area contributed by atoms with Crippen LogP contribution in [0.15, 0.2) is 89.7 Å². The van der Waals surface area contributed by atoms with Gasteiger partial charge in [0, 0.05) is 16.8 Å². The average molecular weight is 507 g/mol. The Balaban J connectivity index is 1.82. The molecular weight excluding hydrogens is 487 g/mol. The summed E-state index contributed by atoms with van der Waals surface area (Å²) in [5.74, 6) is -1.73. The molecule has 0 spiro atoms. The Labute approximate surface area is 209 Å². The number of amides is 1. The molecule has 10 heteroatoms. The summed E-state index contributed by atoms with van der Waals surface area (Å²) in [6, 6.07) is 21.5. The van der Waals surface area contributed by atoms with Crippen LogP contribution in [0.25, 0.3) is 22.4 Å². The smallest absolute Gasteiger partial charge is 0.416 e. The lowest BCUT2D eigenvalue weighted by Crippen LogP contribution is -2.34. The van der Waals surface area contributed by atoms with Crippen LogP contribution < -0.4 is 10.9 Å². The van der Waals surface area contributed by atoms with Crippen molar-refractivity contribution in [2.24, 2.45) is 0 Å². The second-order valence-corrected chi connectivity index (χ2v) is 7.91. The zero-order valence-corrected chi connectivity index (χ0v) is 19.5. The maximum absolute atomic E-state index is 13.4. The quantitative estimate of drug-likeness (QED) is 0.370. The minimum atomic E-state index is -4.59. The fourth-order valence-corrected chi connectivity index (χ4v) is 3.76. The van der Waals surface area contributed by atoms with E-state index in [4.69, 9.17) is 4.74 Å². The topological polar surface area (TPSA) is 90.3 Å². The zero-order chi connectivity index (χ0) is 26.6. The summed E-state index contributed by atoms with van der Waals surface area (Å²) in [7, 11) is 1.13. The molecule has 4 rings (SSSR count). The van der Waals surface area contributed by atoms with Crippen molar-refractivity contribution < 1.29 is 27.5 Å². The van der Waals surface area contributed by atoms with Crippen molar-refractivity contribution in [3.05, 3.63) is 106 Å². The molecule has 1 aromatic heterocycles. The summed E-state index contributed by atoms with van der Waals surface area (Å²) < 4.78 is 44.8. The third kappa shape index (κ3) is 5.58. The predicted octanol–water partition coefficient (Wildman–Crippen LogP) is 5.02. The van der Waals surface area contributed by atoms with Gasteiger partial charge in [0.2, 0.25) is 5.91 Å². The number of hydrogen-bond donors (Lipinski definition) is 1. The number of benzene rings is 3. The van der Waals surface area contributed by atoms with Crippen LogP contribution >= 0.6 is 0 Å². The van der Waals surface area contributed by atoms with Crippen molar-refractivity contribution in [3.63, 3.8) is 0 Å². The number of methoxy groups -OCH3 is 1. The highest BCUT2D eigenvalue weighted by atomic mass is 19.4. The van der Waals surface area contributed by atoms with E-state index < -0.39 is 35.7 Å².